The van der Waals surface area contributed by atoms with E-state index in [1.54, 1.807) is 40.1 Å². The number of nitrogens with zero attached hydrogens (tertiary/aromatic N) is 2. The number of hydrogen-bond donors (Lipinski definition) is 2. The molecule has 4 aromatic rings. The molecule has 6 rings (SSSR count). The summed E-state index contributed by atoms with van der Waals surface area (Å²) in [6, 6.07) is 20.3. The van der Waals surface area contributed by atoms with Gasteiger partial charge in [-0.15, -0.1) is 0 Å². The first kappa shape index (κ1) is 33.8. The summed E-state index contributed by atoms with van der Waals surface area (Å²) in [6.45, 7) is 3.56. The molecule has 12 nitrogen and oxygen atoms in total. The number of ether oxygens (including phenoxy) is 4. The number of fused-ring (bicyclic) bond motifs is 2. The molecule has 0 radical (unpaired) electrons. The molecule has 2 N–H and O–H groups in total. The molecule has 4 amide bonds. The number of urea groups is 2. The second-order valence-electron chi connectivity index (χ2n) is 12.0. The van der Waals surface area contributed by atoms with Gasteiger partial charge in [-0.25, -0.2) is 19.2 Å². The maximum atomic E-state index is 13.1. The second kappa shape index (κ2) is 13.8. The number of carbonyl (C=O) groups is 4. The maximum absolute atomic E-state index is 13.1. The van der Waals surface area contributed by atoms with Crippen molar-refractivity contribution in [1.82, 2.24) is 20.4 Å². The zero-order chi connectivity index (χ0) is 35.7. The molecule has 2 heterocycles. The molecular formula is C38H38N4O8. The van der Waals surface area contributed by atoms with Gasteiger partial charge < -0.3 is 39.4 Å². The fourth-order valence-corrected chi connectivity index (χ4v) is 6.55. The van der Waals surface area contributed by atoms with Gasteiger partial charge in [-0.1, -0.05) is 60.7 Å². The van der Waals surface area contributed by atoms with E-state index in [9.17, 15) is 19.2 Å². The Bertz CT molecular complexity index is 1960. The molecule has 4 aromatic carbocycles. The van der Waals surface area contributed by atoms with Crippen LogP contribution >= 0.6 is 0 Å². The maximum Gasteiger partial charge on any atom is 0.337 e. The predicted octanol–water partition coefficient (Wildman–Crippen LogP) is 5.74. The quantitative estimate of drug-likeness (QED) is 0.169. The van der Waals surface area contributed by atoms with Crippen LogP contribution in [0.4, 0.5) is 9.59 Å². The van der Waals surface area contributed by atoms with Crippen LogP contribution in [0.2, 0.25) is 0 Å². The zero-order valence-electron chi connectivity index (χ0n) is 28.7. The minimum absolute atomic E-state index is 0.0763. The molecule has 0 fully saturated rings. The van der Waals surface area contributed by atoms with Crippen molar-refractivity contribution in [3.63, 3.8) is 0 Å². The van der Waals surface area contributed by atoms with Crippen LogP contribution in [0.3, 0.4) is 0 Å². The Labute approximate surface area is 289 Å². The average Bonchev–Trinajstić information content (AvgIpc) is 3.13. The van der Waals surface area contributed by atoms with E-state index in [0.717, 1.165) is 21.5 Å². The molecule has 0 aromatic heterocycles. The lowest BCUT2D eigenvalue weighted by Gasteiger charge is -2.34. The van der Waals surface area contributed by atoms with Gasteiger partial charge in [-0.3, -0.25) is 0 Å². The van der Waals surface area contributed by atoms with E-state index in [1.807, 2.05) is 60.7 Å². The fraction of sp³-hybridized carbons (Fsp3) is 0.263. The average molecular weight is 679 g/mol. The molecule has 2 atom stereocenters. The Kier molecular flexibility index (Phi) is 9.36. The van der Waals surface area contributed by atoms with Gasteiger partial charge >= 0.3 is 24.0 Å². The van der Waals surface area contributed by atoms with Crippen LogP contribution in [-0.4, -0.2) is 75.3 Å². The highest BCUT2D eigenvalue weighted by atomic mass is 16.5. The summed E-state index contributed by atoms with van der Waals surface area (Å²) >= 11 is 0. The first-order chi connectivity index (χ1) is 24.1. The molecule has 0 saturated carbocycles. The number of nitrogens with one attached hydrogen (secondary N) is 2. The molecule has 0 bridgehead atoms. The molecule has 0 spiro atoms. The highest BCUT2D eigenvalue weighted by molar-refractivity contribution is 5.99. The van der Waals surface area contributed by atoms with Crippen molar-refractivity contribution in [3.8, 4) is 11.5 Å². The van der Waals surface area contributed by atoms with Gasteiger partial charge in [-0.05, 0) is 47.5 Å². The normalized spacial score (nSPS) is 17.9. The smallest absolute Gasteiger partial charge is 0.337 e. The predicted molar refractivity (Wildman–Crippen MR) is 186 cm³/mol. The van der Waals surface area contributed by atoms with E-state index in [0.29, 0.717) is 34.0 Å². The van der Waals surface area contributed by atoms with Crippen molar-refractivity contribution in [2.75, 3.05) is 41.5 Å². The molecule has 50 heavy (non-hydrogen) atoms. The van der Waals surface area contributed by atoms with Crippen LogP contribution in [-0.2, 0) is 19.1 Å². The SMILES string of the molecule is COC(=O)C1=C(C)N(C)C(=O)NC1c1c(OCCOc2ccc3ccccc3c2C2NC(=O)N(C)C(C)=C2C(=O)OC)ccc2ccccc12. The van der Waals surface area contributed by atoms with Gasteiger partial charge in [0.15, 0.2) is 0 Å². The lowest BCUT2D eigenvalue weighted by atomic mass is 9.90. The van der Waals surface area contributed by atoms with Crippen LogP contribution in [0.15, 0.2) is 95.3 Å². The van der Waals surface area contributed by atoms with Gasteiger partial charge in [0.25, 0.3) is 0 Å². The number of carbonyl (C=O) groups excluding carboxylic acids is 4. The van der Waals surface area contributed by atoms with Gasteiger partial charge in [0, 0.05) is 36.6 Å². The Morgan fingerprint density at radius 1 is 0.620 bits per heavy atom. The Hall–Kier alpha value is -6.04. The minimum atomic E-state index is -0.847. The molecule has 0 aliphatic carbocycles. The second-order valence-corrected chi connectivity index (χ2v) is 12.0. The first-order valence-corrected chi connectivity index (χ1v) is 16.0. The molecular weight excluding hydrogens is 640 g/mol. The van der Waals surface area contributed by atoms with Crippen molar-refractivity contribution in [2.24, 2.45) is 0 Å². The summed E-state index contributed by atoms with van der Waals surface area (Å²) in [7, 11) is 5.78. The Morgan fingerprint density at radius 3 is 1.38 bits per heavy atom. The van der Waals surface area contributed by atoms with Crippen molar-refractivity contribution < 1.29 is 38.1 Å². The lowest BCUT2D eigenvalue weighted by molar-refractivity contribution is -0.137. The summed E-state index contributed by atoms with van der Waals surface area (Å²) in [6.07, 6.45) is 0. The monoisotopic (exact) mass is 678 g/mol. The topological polar surface area (TPSA) is 136 Å². The van der Waals surface area contributed by atoms with Crippen LogP contribution in [0, 0.1) is 0 Å². The molecule has 2 aliphatic rings. The molecule has 2 aliphatic heterocycles. The third-order valence-electron chi connectivity index (χ3n) is 9.36. The Balaban J connectivity index is 1.35. The largest absolute Gasteiger partial charge is 0.490 e. The number of benzene rings is 4. The molecule has 0 saturated heterocycles. The van der Waals surface area contributed by atoms with Gasteiger partial charge in [0.2, 0.25) is 0 Å². The van der Waals surface area contributed by atoms with Crippen LogP contribution in [0.1, 0.15) is 37.1 Å². The number of allylic oxidation sites excluding steroid dienone is 2. The van der Waals surface area contributed by atoms with Crippen molar-refractivity contribution in [2.45, 2.75) is 25.9 Å². The molecule has 258 valence electrons. The van der Waals surface area contributed by atoms with Crippen LogP contribution in [0.25, 0.3) is 21.5 Å². The van der Waals surface area contributed by atoms with Gasteiger partial charge in [0.1, 0.15) is 24.7 Å². The van der Waals surface area contributed by atoms with E-state index in [1.165, 1.54) is 24.0 Å². The number of esters is 2. The summed E-state index contributed by atoms with van der Waals surface area (Å²) in [5, 5.41) is 9.28. The summed E-state index contributed by atoms with van der Waals surface area (Å²) in [4.78, 5) is 55.0. The minimum Gasteiger partial charge on any atom is -0.490 e. The van der Waals surface area contributed by atoms with Crippen molar-refractivity contribution in [3.05, 3.63) is 106 Å². The van der Waals surface area contributed by atoms with Crippen LogP contribution in [0.5, 0.6) is 11.5 Å². The third-order valence-corrected chi connectivity index (χ3v) is 9.36. The van der Waals surface area contributed by atoms with E-state index in [4.69, 9.17) is 18.9 Å². The first-order valence-electron chi connectivity index (χ1n) is 16.0. The number of rotatable bonds is 9. The number of hydrogen-bond acceptors (Lipinski definition) is 8. The number of methoxy groups -OCH3 is 2. The standard InChI is InChI=1S/C38H38N4O8/c1-21-29(35(43)47-5)33(39-37(45)41(21)3)31-25-13-9-7-11-23(25)15-17-27(31)49-19-20-50-28-18-16-24-12-8-10-14-26(24)32(28)34-30(36(44)48-6)22(2)42(4)38(46)40-34/h7-18,33-34H,19-20H2,1-6H3,(H,39,45)(H,40,46). The third kappa shape index (κ3) is 5.93. The summed E-state index contributed by atoms with van der Waals surface area (Å²) < 4.78 is 23.0. The summed E-state index contributed by atoms with van der Waals surface area (Å²) in [5.74, 6) is -0.238. The molecule has 2 unspecified atom stereocenters. The van der Waals surface area contributed by atoms with Gasteiger partial charge in [-0.2, -0.15) is 0 Å². The highest BCUT2D eigenvalue weighted by Gasteiger charge is 2.38. The zero-order valence-corrected chi connectivity index (χ0v) is 28.7. The van der Waals surface area contributed by atoms with Crippen LogP contribution < -0.4 is 20.1 Å². The van der Waals surface area contributed by atoms with E-state index >= 15 is 0 Å². The van der Waals surface area contributed by atoms with Crippen molar-refractivity contribution >= 4 is 45.5 Å². The van der Waals surface area contributed by atoms with Gasteiger partial charge in [0.05, 0.1) is 37.4 Å². The summed E-state index contributed by atoms with van der Waals surface area (Å²) in [5.41, 5.74) is 2.72. The fourth-order valence-electron chi connectivity index (χ4n) is 6.55. The highest BCUT2D eigenvalue weighted by Crippen LogP contribution is 2.42. The molecule has 12 heteroatoms. The Morgan fingerprint density at radius 2 is 1.00 bits per heavy atom. The van der Waals surface area contributed by atoms with E-state index in [-0.39, 0.29) is 36.4 Å². The number of amides is 4. The van der Waals surface area contributed by atoms with Crippen molar-refractivity contribution in [1.29, 1.82) is 0 Å². The lowest BCUT2D eigenvalue weighted by Crippen LogP contribution is -2.46. The van der Waals surface area contributed by atoms with E-state index in [2.05, 4.69) is 10.6 Å². The van der Waals surface area contributed by atoms with E-state index < -0.39 is 24.0 Å².